The molecule has 4 aromatic carbocycles. The Labute approximate surface area is 172 Å². The van der Waals surface area contributed by atoms with Crippen LogP contribution in [-0.4, -0.2) is 37.2 Å². The molecule has 0 fully saturated rings. The van der Waals surface area contributed by atoms with E-state index in [0.717, 1.165) is 39.0 Å². The lowest BCUT2D eigenvalue weighted by Gasteiger charge is -2.14. The van der Waals surface area contributed by atoms with Crippen molar-refractivity contribution in [1.29, 1.82) is 0 Å². The molecule has 11 heteroatoms. The molecule has 0 saturated carbocycles. The first-order chi connectivity index (χ1) is 14.0. The fourth-order valence-electron chi connectivity index (χ4n) is 3.50. The second kappa shape index (κ2) is 7.39. The summed E-state index contributed by atoms with van der Waals surface area (Å²) in [5.74, 6) is -0.603. The van der Waals surface area contributed by atoms with Gasteiger partial charge in [0.1, 0.15) is 0 Å². The van der Waals surface area contributed by atoms with E-state index < -0.39 is 37.6 Å². The summed E-state index contributed by atoms with van der Waals surface area (Å²) in [5.41, 5.74) is 0. The van der Waals surface area contributed by atoms with Crippen LogP contribution >= 0.6 is 15.4 Å². The highest BCUT2D eigenvalue weighted by Gasteiger charge is 2.30. The van der Waals surface area contributed by atoms with Gasteiger partial charge >= 0.3 is 15.4 Å². The molecule has 0 radical (unpaired) electrons. The summed E-state index contributed by atoms with van der Waals surface area (Å²) in [4.78, 5) is 18.5. The van der Waals surface area contributed by atoms with Crippen LogP contribution in [0, 0.1) is 0 Å². The van der Waals surface area contributed by atoms with Crippen molar-refractivity contribution in [3.8, 4) is 0 Å². The van der Waals surface area contributed by atoms with Crippen LogP contribution in [0.25, 0.3) is 32.3 Å². The van der Waals surface area contributed by atoms with E-state index in [-0.39, 0.29) is 4.90 Å². The highest BCUT2D eigenvalue weighted by atomic mass is 32.2. The molecule has 0 aliphatic carbocycles. The molecule has 0 amide bonds. The lowest BCUT2D eigenvalue weighted by atomic mass is 9.94. The molecule has 0 heterocycles. The molecular weight excluding hydrogens is 450 g/mol. The molecule has 0 spiro atoms. The molecule has 0 aliphatic rings. The van der Waals surface area contributed by atoms with E-state index in [1.165, 1.54) is 0 Å². The smallest absolute Gasteiger partial charge is 0.324 e. The molecule has 30 heavy (non-hydrogen) atoms. The number of sulfone groups is 1. The third-order valence-corrected chi connectivity index (χ3v) is 8.86. The van der Waals surface area contributed by atoms with Gasteiger partial charge in [-0.05, 0) is 44.5 Å². The minimum absolute atomic E-state index is 0.0500. The Morgan fingerprint density at radius 2 is 1.37 bits per heavy atom. The van der Waals surface area contributed by atoms with Gasteiger partial charge in [-0.2, -0.15) is 0 Å². The van der Waals surface area contributed by atoms with Gasteiger partial charge in [0.2, 0.25) is 0 Å². The summed E-state index contributed by atoms with van der Waals surface area (Å²) in [5, 5.41) is 5.68. The van der Waals surface area contributed by atoms with Crippen LogP contribution in [-0.2, 0) is 27.8 Å². The van der Waals surface area contributed by atoms with E-state index in [0.29, 0.717) is 0 Å². The first-order valence-corrected chi connectivity index (χ1v) is 14.0. The van der Waals surface area contributed by atoms with Gasteiger partial charge in [-0.25, -0.2) is 17.3 Å². The van der Waals surface area contributed by atoms with E-state index in [9.17, 15) is 22.4 Å². The van der Waals surface area contributed by atoms with Crippen LogP contribution in [0.15, 0.2) is 59.5 Å². The zero-order chi connectivity index (χ0) is 21.7. The summed E-state index contributed by atoms with van der Waals surface area (Å²) >= 11 is 0. The van der Waals surface area contributed by atoms with Crippen LogP contribution in [0.1, 0.15) is 0 Å². The van der Waals surface area contributed by atoms with Gasteiger partial charge in [0.05, 0.1) is 17.3 Å². The van der Waals surface area contributed by atoms with Gasteiger partial charge < -0.3 is 9.79 Å². The molecule has 2 N–H and O–H groups in total. The molecule has 4 aromatic rings. The number of hydrogen-bond donors (Lipinski definition) is 2. The highest BCUT2D eigenvalue weighted by Crippen LogP contribution is 2.57. The Morgan fingerprint density at radius 3 is 1.90 bits per heavy atom. The van der Waals surface area contributed by atoms with Crippen molar-refractivity contribution in [2.24, 2.45) is 0 Å². The summed E-state index contributed by atoms with van der Waals surface area (Å²) in [7, 11) is -13.0. The van der Waals surface area contributed by atoms with E-state index in [1.807, 2.05) is 42.5 Å². The zero-order valence-corrected chi connectivity index (χ0v) is 18.4. The van der Waals surface area contributed by atoms with Crippen molar-refractivity contribution in [2.45, 2.75) is 4.90 Å². The van der Waals surface area contributed by atoms with Crippen molar-refractivity contribution < 1.29 is 36.2 Å². The molecule has 2 atom stereocenters. The zero-order valence-electron chi connectivity index (χ0n) is 15.8. The third kappa shape index (κ3) is 4.29. The maximum absolute atomic E-state index is 12.8. The molecule has 158 valence electrons. The average molecular weight is 468 g/mol. The van der Waals surface area contributed by atoms with Gasteiger partial charge in [-0.3, -0.25) is 9.09 Å². The molecule has 0 aromatic heterocycles. The molecule has 4 rings (SSSR count). The SMILES string of the molecule is CP(=O)(O)OP(=O)(O)OCCS(=O)(=O)c1cc2ccc3cccc4ccc(c1)c2c34. The maximum atomic E-state index is 12.8. The molecule has 2 unspecified atom stereocenters. The van der Waals surface area contributed by atoms with Gasteiger partial charge in [-0.1, -0.05) is 42.5 Å². The Kier molecular flexibility index (Phi) is 5.27. The van der Waals surface area contributed by atoms with Crippen LogP contribution in [0.3, 0.4) is 0 Å². The quantitative estimate of drug-likeness (QED) is 0.304. The number of phosphoric acid groups is 1. The largest absolute Gasteiger partial charge is 0.479 e. The molecule has 8 nitrogen and oxygen atoms in total. The van der Waals surface area contributed by atoms with Crippen LogP contribution in [0.4, 0.5) is 0 Å². The lowest BCUT2D eigenvalue weighted by Crippen LogP contribution is -2.12. The van der Waals surface area contributed by atoms with E-state index >= 15 is 0 Å². The first-order valence-electron chi connectivity index (χ1n) is 8.84. The van der Waals surface area contributed by atoms with Crippen molar-refractivity contribution in [3.05, 3.63) is 54.6 Å². The van der Waals surface area contributed by atoms with E-state index in [2.05, 4.69) is 8.83 Å². The third-order valence-electron chi connectivity index (χ3n) is 4.66. The fraction of sp³-hybridized carbons (Fsp3) is 0.158. The summed E-state index contributed by atoms with van der Waals surface area (Å²) in [6, 6.07) is 16.7. The average Bonchev–Trinajstić information content (AvgIpc) is 2.63. The second-order valence-electron chi connectivity index (χ2n) is 6.96. The number of phosphoric ester groups is 1. The van der Waals surface area contributed by atoms with Crippen molar-refractivity contribution in [2.75, 3.05) is 19.0 Å². The Hall–Kier alpha value is -1.83. The molecule has 0 bridgehead atoms. The standard InChI is InChI=1S/C19H18O8P2S/c1-28(20,21)27-29(22,23)26-9-10-30(24,25)17-11-15-7-5-13-3-2-4-14-6-8-16(12-17)19(15)18(13)14/h2-8,11-12H,9-10H2,1H3,(H,20,21)(H,22,23). The summed E-state index contributed by atoms with van der Waals surface area (Å²) < 4.78 is 56.9. The van der Waals surface area contributed by atoms with Gasteiger partial charge in [0.25, 0.3) is 0 Å². The molecule has 0 aliphatic heterocycles. The first kappa shape index (κ1) is 21.4. The Bertz CT molecular complexity index is 1390. The Morgan fingerprint density at radius 1 is 0.867 bits per heavy atom. The second-order valence-corrected chi connectivity index (χ2v) is 12.5. The monoisotopic (exact) mass is 468 g/mol. The summed E-state index contributed by atoms with van der Waals surface area (Å²) in [6.45, 7) is 0.0421. The molecular formula is C19H18O8P2S. The topological polar surface area (TPSA) is 127 Å². The minimum Gasteiger partial charge on any atom is -0.324 e. The normalized spacial score (nSPS) is 16.8. The van der Waals surface area contributed by atoms with Crippen LogP contribution in [0.2, 0.25) is 0 Å². The number of benzene rings is 4. The Balaban J connectivity index is 1.65. The predicted molar refractivity (Wildman–Crippen MR) is 115 cm³/mol. The predicted octanol–water partition coefficient (Wildman–Crippen LogP) is 4.31. The van der Waals surface area contributed by atoms with Crippen molar-refractivity contribution in [1.82, 2.24) is 0 Å². The van der Waals surface area contributed by atoms with Gasteiger partial charge in [-0.15, -0.1) is 0 Å². The van der Waals surface area contributed by atoms with Crippen molar-refractivity contribution >= 4 is 57.6 Å². The maximum Gasteiger partial charge on any atom is 0.479 e. The fourth-order valence-corrected chi connectivity index (χ4v) is 6.82. The highest BCUT2D eigenvalue weighted by molar-refractivity contribution is 7.91. The molecule has 0 saturated heterocycles. The van der Waals surface area contributed by atoms with Crippen LogP contribution < -0.4 is 0 Å². The van der Waals surface area contributed by atoms with Gasteiger partial charge in [0, 0.05) is 6.66 Å². The van der Waals surface area contributed by atoms with E-state index in [1.54, 1.807) is 12.1 Å². The summed E-state index contributed by atoms with van der Waals surface area (Å²) in [6.07, 6.45) is 0. The van der Waals surface area contributed by atoms with Gasteiger partial charge in [0.15, 0.2) is 9.84 Å². The van der Waals surface area contributed by atoms with Crippen LogP contribution in [0.5, 0.6) is 0 Å². The number of rotatable bonds is 7. The number of hydrogen-bond acceptors (Lipinski definition) is 6. The van der Waals surface area contributed by atoms with Crippen molar-refractivity contribution in [3.63, 3.8) is 0 Å². The lowest BCUT2D eigenvalue weighted by molar-refractivity contribution is 0.206. The minimum atomic E-state index is -4.85. The van der Waals surface area contributed by atoms with E-state index in [4.69, 9.17) is 4.89 Å².